The summed E-state index contributed by atoms with van der Waals surface area (Å²) >= 11 is 0. The van der Waals surface area contributed by atoms with Crippen molar-refractivity contribution in [1.29, 1.82) is 0 Å². The van der Waals surface area contributed by atoms with Crippen molar-refractivity contribution < 1.29 is 24.1 Å². The fourth-order valence-corrected chi connectivity index (χ4v) is 2.46. The number of ether oxygens (including phenoxy) is 4. The monoisotopic (exact) mass is 404 g/mol. The first-order valence-electron chi connectivity index (χ1n) is 11.3. The van der Waals surface area contributed by atoms with Crippen molar-refractivity contribution >= 4 is 0 Å². The predicted molar refractivity (Wildman–Crippen MR) is 116 cm³/mol. The molecule has 0 aromatic rings. The molecule has 0 aromatic carbocycles. The summed E-state index contributed by atoms with van der Waals surface area (Å²) in [5, 5.41) is 9.68. The lowest BCUT2D eigenvalue weighted by atomic mass is 9.94. The second kappa shape index (κ2) is 16.6. The molecule has 5 nitrogen and oxygen atoms in total. The lowest BCUT2D eigenvalue weighted by Gasteiger charge is -2.31. The molecule has 0 fully saturated rings. The van der Waals surface area contributed by atoms with Gasteiger partial charge in [-0.3, -0.25) is 0 Å². The van der Waals surface area contributed by atoms with E-state index in [-0.39, 0.29) is 11.5 Å². The first-order valence-corrected chi connectivity index (χ1v) is 11.3. The van der Waals surface area contributed by atoms with Gasteiger partial charge < -0.3 is 24.1 Å². The van der Waals surface area contributed by atoms with E-state index in [2.05, 4.69) is 41.5 Å². The van der Waals surface area contributed by atoms with Crippen LogP contribution in [0.4, 0.5) is 0 Å². The van der Waals surface area contributed by atoms with Gasteiger partial charge in [0.05, 0.1) is 45.2 Å². The van der Waals surface area contributed by atoms with Crippen LogP contribution in [0, 0.1) is 17.3 Å². The molecule has 0 saturated heterocycles. The number of hydrogen-bond donors (Lipinski definition) is 1. The van der Waals surface area contributed by atoms with Crippen molar-refractivity contribution in [2.45, 2.75) is 86.4 Å². The van der Waals surface area contributed by atoms with Gasteiger partial charge in [0.2, 0.25) is 0 Å². The quantitative estimate of drug-likeness (QED) is 0.338. The summed E-state index contributed by atoms with van der Waals surface area (Å²) in [6.07, 6.45) is 3.42. The Morgan fingerprint density at radius 3 is 1.54 bits per heavy atom. The normalized spacial score (nSPS) is 18.4. The maximum absolute atomic E-state index is 9.68. The van der Waals surface area contributed by atoms with Crippen LogP contribution >= 0.6 is 0 Å². The molecule has 0 saturated carbocycles. The van der Waals surface area contributed by atoms with Gasteiger partial charge in [-0.25, -0.2) is 0 Å². The van der Waals surface area contributed by atoms with Gasteiger partial charge in [-0.15, -0.1) is 0 Å². The molecule has 4 unspecified atom stereocenters. The van der Waals surface area contributed by atoms with E-state index < -0.39 is 6.10 Å². The second-order valence-corrected chi connectivity index (χ2v) is 8.81. The van der Waals surface area contributed by atoms with Crippen molar-refractivity contribution in [2.75, 3.05) is 46.2 Å². The van der Waals surface area contributed by atoms with Gasteiger partial charge in [0, 0.05) is 18.6 Å². The van der Waals surface area contributed by atoms with Crippen molar-refractivity contribution in [1.82, 2.24) is 0 Å². The Hall–Kier alpha value is -0.200. The Balaban J connectivity index is 4.50. The molecule has 0 aliphatic rings. The lowest BCUT2D eigenvalue weighted by molar-refractivity contribution is -0.0950. The van der Waals surface area contributed by atoms with Crippen LogP contribution in [0.5, 0.6) is 0 Å². The third kappa shape index (κ3) is 13.9. The van der Waals surface area contributed by atoms with Crippen LogP contribution in [0.25, 0.3) is 0 Å². The molecular formula is C23H48O5. The van der Waals surface area contributed by atoms with Crippen molar-refractivity contribution in [2.24, 2.45) is 17.3 Å². The molecule has 0 spiro atoms. The van der Waals surface area contributed by atoms with Gasteiger partial charge in [-0.2, -0.15) is 0 Å². The number of aliphatic hydroxyl groups excluding tert-OH is 1. The molecule has 0 aliphatic heterocycles. The van der Waals surface area contributed by atoms with E-state index in [9.17, 15) is 5.11 Å². The highest BCUT2D eigenvalue weighted by molar-refractivity contribution is 4.74. The Labute approximate surface area is 174 Å². The van der Waals surface area contributed by atoms with E-state index in [0.29, 0.717) is 51.3 Å². The molecule has 0 aliphatic carbocycles. The van der Waals surface area contributed by atoms with Gasteiger partial charge in [-0.1, -0.05) is 61.3 Å². The van der Waals surface area contributed by atoms with Crippen molar-refractivity contribution in [3.05, 3.63) is 0 Å². The van der Waals surface area contributed by atoms with Gasteiger partial charge in [0.1, 0.15) is 0 Å². The van der Waals surface area contributed by atoms with Crippen molar-refractivity contribution in [3.8, 4) is 0 Å². The van der Waals surface area contributed by atoms with Gasteiger partial charge in [0.25, 0.3) is 0 Å². The zero-order valence-corrected chi connectivity index (χ0v) is 19.7. The molecule has 0 aromatic heterocycles. The fraction of sp³-hybridized carbons (Fsp3) is 1.00. The van der Waals surface area contributed by atoms with Crippen LogP contribution in [-0.2, 0) is 18.9 Å². The topological polar surface area (TPSA) is 57.2 Å². The third-order valence-electron chi connectivity index (χ3n) is 5.30. The third-order valence-corrected chi connectivity index (χ3v) is 5.30. The summed E-state index contributed by atoms with van der Waals surface area (Å²) in [4.78, 5) is 0. The smallest absolute Gasteiger partial charge is 0.0807 e. The molecule has 0 rings (SSSR count). The largest absolute Gasteiger partial charge is 0.391 e. The highest BCUT2D eigenvalue weighted by Crippen LogP contribution is 2.20. The van der Waals surface area contributed by atoms with Gasteiger partial charge in [0.15, 0.2) is 0 Å². The Kier molecular flexibility index (Phi) is 16.5. The van der Waals surface area contributed by atoms with E-state index in [1.807, 2.05) is 6.92 Å². The SMILES string of the molecule is CCC(C)COCC(C)(COCC(C)CC)COCC(CC)OCC(O)CC. The van der Waals surface area contributed by atoms with Crippen LogP contribution in [0.2, 0.25) is 0 Å². The van der Waals surface area contributed by atoms with Crippen molar-refractivity contribution in [3.63, 3.8) is 0 Å². The van der Waals surface area contributed by atoms with E-state index in [0.717, 1.165) is 32.5 Å². The van der Waals surface area contributed by atoms with E-state index in [1.54, 1.807) is 0 Å². The maximum atomic E-state index is 9.68. The molecule has 170 valence electrons. The van der Waals surface area contributed by atoms with E-state index in [4.69, 9.17) is 18.9 Å². The molecule has 5 heteroatoms. The molecule has 0 bridgehead atoms. The van der Waals surface area contributed by atoms with E-state index >= 15 is 0 Å². The number of hydrogen-bond acceptors (Lipinski definition) is 5. The molecule has 0 amide bonds. The highest BCUT2D eigenvalue weighted by Gasteiger charge is 2.27. The summed E-state index contributed by atoms with van der Waals surface area (Å²) in [5.74, 6) is 1.13. The number of aliphatic hydroxyl groups is 1. The number of rotatable bonds is 19. The average Bonchev–Trinajstić information content (AvgIpc) is 2.69. The van der Waals surface area contributed by atoms with Crippen LogP contribution < -0.4 is 0 Å². The molecule has 0 radical (unpaired) electrons. The molecular weight excluding hydrogens is 356 g/mol. The second-order valence-electron chi connectivity index (χ2n) is 8.81. The highest BCUT2D eigenvalue weighted by atomic mass is 16.5. The van der Waals surface area contributed by atoms with Gasteiger partial charge in [-0.05, 0) is 24.7 Å². The summed E-state index contributed by atoms with van der Waals surface area (Å²) < 4.78 is 23.8. The Morgan fingerprint density at radius 2 is 1.14 bits per heavy atom. The minimum Gasteiger partial charge on any atom is -0.391 e. The maximum Gasteiger partial charge on any atom is 0.0807 e. The molecule has 1 N–H and O–H groups in total. The summed E-state index contributed by atoms with van der Waals surface area (Å²) in [5.41, 5.74) is -0.178. The minimum atomic E-state index is -0.401. The molecule has 0 heterocycles. The van der Waals surface area contributed by atoms with Crippen LogP contribution in [0.15, 0.2) is 0 Å². The average molecular weight is 405 g/mol. The van der Waals surface area contributed by atoms with Crippen LogP contribution in [0.3, 0.4) is 0 Å². The summed E-state index contributed by atoms with van der Waals surface area (Å²) in [7, 11) is 0. The standard InChI is InChI=1S/C23H48O5/c1-8-19(5)12-25-16-23(7,17-26-13-20(6)9-2)18-27-15-22(11-4)28-14-21(24)10-3/h19-22,24H,8-18H2,1-7H3. The van der Waals surface area contributed by atoms with Gasteiger partial charge >= 0.3 is 0 Å². The molecule has 4 atom stereocenters. The fourth-order valence-electron chi connectivity index (χ4n) is 2.46. The summed E-state index contributed by atoms with van der Waals surface area (Å²) in [6, 6.07) is 0. The van der Waals surface area contributed by atoms with Crippen LogP contribution in [0.1, 0.15) is 74.1 Å². The molecule has 28 heavy (non-hydrogen) atoms. The zero-order chi connectivity index (χ0) is 21.4. The van der Waals surface area contributed by atoms with Crippen LogP contribution in [-0.4, -0.2) is 63.6 Å². The summed E-state index contributed by atoms with van der Waals surface area (Å²) in [6.45, 7) is 19.3. The first-order chi connectivity index (χ1) is 13.3. The predicted octanol–water partition coefficient (Wildman–Crippen LogP) is 4.70. The first kappa shape index (κ1) is 27.8. The van der Waals surface area contributed by atoms with E-state index in [1.165, 1.54) is 0 Å². The minimum absolute atomic E-state index is 0.00696. The zero-order valence-electron chi connectivity index (χ0n) is 19.7. The Morgan fingerprint density at radius 1 is 0.679 bits per heavy atom. The lowest BCUT2D eigenvalue weighted by Crippen LogP contribution is -2.36. The Bertz CT molecular complexity index is 334.